The van der Waals surface area contributed by atoms with Crippen LogP contribution in [0.1, 0.15) is 40.7 Å². The minimum atomic E-state index is -1.08. The minimum Gasteiger partial charge on any atom is -0.469 e. The highest BCUT2D eigenvalue weighted by Gasteiger charge is 2.20. The molecule has 1 aromatic heterocycles. The van der Waals surface area contributed by atoms with Crippen LogP contribution in [0.4, 0.5) is 10.1 Å². The maximum absolute atomic E-state index is 13.3. The van der Waals surface area contributed by atoms with Gasteiger partial charge in [0.15, 0.2) is 6.10 Å². The number of methoxy groups -OCH3 is 1. The van der Waals surface area contributed by atoms with E-state index >= 15 is 0 Å². The van der Waals surface area contributed by atoms with Crippen LogP contribution in [0.25, 0.3) is 5.69 Å². The van der Waals surface area contributed by atoms with Crippen molar-refractivity contribution in [3.05, 3.63) is 76.9 Å². The Hall–Kier alpha value is -4.01. The molecule has 1 atom stereocenters. The second kappa shape index (κ2) is 10.7. The molecule has 0 saturated carbocycles. The Labute approximate surface area is 196 Å². The van der Waals surface area contributed by atoms with Crippen molar-refractivity contribution < 1.29 is 28.2 Å². The lowest BCUT2D eigenvalue weighted by molar-refractivity contribution is -0.140. The van der Waals surface area contributed by atoms with Crippen LogP contribution in [0.5, 0.6) is 0 Å². The fourth-order valence-electron chi connectivity index (χ4n) is 3.45. The number of carbonyl (C=O) groups is 3. The molecule has 34 heavy (non-hydrogen) atoms. The van der Waals surface area contributed by atoms with Crippen molar-refractivity contribution in [1.82, 2.24) is 9.78 Å². The van der Waals surface area contributed by atoms with Crippen molar-refractivity contribution >= 4 is 23.5 Å². The summed E-state index contributed by atoms with van der Waals surface area (Å²) in [6, 6.07) is 12.0. The molecular formula is C25H26FN3O5. The van der Waals surface area contributed by atoms with Gasteiger partial charge in [0.1, 0.15) is 5.82 Å². The van der Waals surface area contributed by atoms with Gasteiger partial charge in [-0.05, 0) is 75.2 Å². The highest BCUT2D eigenvalue weighted by molar-refractivity contribution is 5.97. The molecule has 8 nitrogen and oxygen atoms in total. The first-order valence-electron chi connectivity index (χ1n) is 10.7. The van der Waals surface area contributed by atoms with E-state index in [9.17, 15) is 18.8 Å². The molecule has 0 radical (unpaired) electrons. The number of ether oxygens (including phenoxy) is 2. The standard InChI is InChI=1S/C25H26FN3O5/c1-15-22(12-13-23(30)33-4)16(2)29(28-15)21-10-8-18(9-11-21)25(32)34-17(3)24(31)27-20-7-5-6-19(26)14-20/h5-11,14,17H,12-13H2,1-4H3,(H,27,31). The first-order valence-corrected chi connectivity index (χ1v) is 10.7. The summed E-state index contributed by atoms with van der Waals surface area (Å²) in [6.07, 6.45) is -0.298. The van der Waals surface area contributed by atoms with Crippen molar-refractivity contribution in [3.8, 4) is 5.69 Å². The predicted molar refractivity (Wildman–Crippen MR) is 123 cm³/mol. The summed E-state index contributed by atoms with van der Waals surface area (Å²) in [7, 11) is 1.36. The minimum absolute atomic E-state index is 0.264. The lowest BCUT2D eigenvalue weighted by Crippen LogP contribution is -2.30. The van der Waals surface area contributed by atoms with E-state index < -0.39 is 23.8 Å². The van der Waals surface area contributed by atoms with Gasteiger partial charge < -0.3 is 14.8 Å². The molecule has 0 spiro atoms. The highest BCUT2D eigenvalue weighted by atomic mass is 19.1. The van der Waals surface area contributed by atoms with Gasteiger partial charge in [0, 0.05) is 17.8 Å². The Bertz CT molecular complexity index is 1200. The number of halogens is 1. The van der Waals surface area contributed by atoms with Crippen molar-refractivity contribution in [1.29, 1.82) is 0 Å². The van der Waals surface area contributed by atoms with Crippen molar-refractivity contribution in [2.24, 2.45) is 0 Å². The Morgan fingerprint density at radius 3 is 2.47 bits per heavy atom. The Morgan fingerprint density at radius 1 is 1.12 bits per heavy atom. The largest absolute Gasteiger partial charge is 0.469 e. The fraction of sp³-hybridized carbons (Fsp3) is 0.280. The smallest absolute Gasteiger partial charge is 0.338 e. The van der Waals surface area contributed by atoms with Crippen LogP contribution >= 0.6 is 0 Å². The number of rotatable bonds is 8. The molecule has 178 valence electrons. The van der Waals surface area contributed by atoms with Crippen LogP contribution in [0.15, 0.2) is 48.5 Å². The van der Waals surface area contributed by atoms with Crippen molar-refractivity contribution in [2.45, 2.75) is 39.7 Å². The number of nitrogens with one attached hydrogen (secondary N) is 1. The highest BCUT2D eigenvalue weighted by Crippen LogP contribution is 2.20. The van der Waals surface area contributed by atoms with Gasteiger partial charge in [-0.25, -0.2) is 13.9 Å². The number of hydrogen-bond donors (Lipinski definition) is 1. The molecule has 0 saturated heterocycles. The molecule has 1 amide bonds. The zero-order valence-electron chi connectivity index (χ0n) is 19.4. The number of aromatic nitrogens is 2. The second-order valence-corrected chi connectivity index (χ2v) is 7.73. The fourth-order valence-corrected chi connectivity index (χ4v) is 3.45. The first-order chi connectivity index (χ1) is 16.2. The van der Waals surface area contributed by atoms with Crippen LogP contribution in [0.3, 0.4) is 0 Å². The summed E-state index contributed by atoms with van der Waals surface area (Å²) in [6.45, 7) is 5.22. The molecule has 2 aromatic carbocycles. The average Bonchev–Trinajstić information content (AvgIpc) is 3.10. The maximum atomic E-state index is 13.3. The van der Waals surface area contributed by atoms with E-state index in [4.69, 9.17) is 9.47 Å². The quantitative estimate of drug-likeness (QED) is 0.504. The van der Waals surface area contributed by atoms with E-state index in [1.807, 2.05) is 13.8 Å². The van der Waals surface area contributed by atoms with Gasteiger partial charge in [0.2, 0.25) is 0 Å². The zero-order chi connectivity index (χ0) is 24.8. The SMILES string of the molecule is COC(=O)CCc1c(C)nn(-c2ccc(C(=O)OC(C)C(=O)Nc3cccc(F)c3)cc2)c1C. The second-order valence-electron chi connectivity index (χ2n) is 7.73. The zero-order valence-corrected chi connectivity index (χ0v) is 19.4. The summed E-state index contributed by atoms with van der Waals surface area (Å²) in [5.74, 6) is -2.01. The molecule has 0 bridgehead atoms. The predicted octanol–water partition coefficient (Wildman–Crippen LogP) is 3.92. The molecule has 3 rings (SSSR count). The van der Waals surface area contributed by atoms with Gasteiger partial charge in [-0.15, -0.1) is 0 Å². The van der Waals surface area contributed by atoms with E-state index in [0.29, 0.717) is 6.42 Å². The topological polar surface area (TPSA) is 99.5 Å². The molecule has 0 aliphatic heterocycles. The van der Waals surface area contributed by atoms with E-state index in [-0.39, 0.29) is 23.6 Å². The number of nitrogens with zero attached hydrogens (tertiary/aromatic N) is 2. The average molecular weight is 467 g/mol. The summed E-state index contributed by atoms with van der Waals surface area (Å²) < 4.78 is 25.0. The van der Waals surface area contributed by atoms with Gasteiger partial charge in [-0.1, -0.05) is 6.07 Å². The molecule has 0 aliphatic carbocycles. The monoisotopic (exact) mass is 467 g/mol. The lowest BCUT2D eigenvalue weighted by Gasteiger charge is -2.14. The van der Waals surface area contributed by atoms with Crippen LogP contribution in [-0.4, -0.2) is 40.8 Å². The number of esters is 2. The third-order valence-electron chi connectivity index (χ3n) is 5.34. The molecule has 9 heteroatoms. The molecule has 1 heterocycles. The summed E-state index contributed by atoms with van der Waals surface area (Å²) in [4.78, 5) is 36.2. The number of aryl methyl sites for hydroxylation is 1. The van der Waals surface area contributed by atoms with Gasteiger partial charge in [0.05, 0.1) is 24.1 Å². The van der Waals surface area contributed by atoms with Gasteiger partial charge in [-0.2, -0.15) is 5.10 Å². The van der Waals surface area contributed by atoms with Crippen molar-refractivity contribution in [3.63, 3.8) is 0 Å². The van der Waals surface area contributed by atoms with Gasteiger partial charge >= 0.3 is 11.9 Å². The number of hydrogen-bond acceptors (Lipinski definition) is 6. The summed E-state index contributed by atoms with van der Waals surface area (Å²) in [5.41, 5.74) is 3.93. The molecule has 1 unspecified atom stereocenters. The van der Waals surface area contributed by atoms with Crippen LogP contribution in [-0.2, 0) is 25.5 Å². The Kier molecular flexibility index (Phi) is 7.78. The molecule has 0 aliphatic rings. The summed E-state index contributed by atoms with van der Waals surface area (Å²) >= 11 is 0. The third kappa shape index (κ3) is 5.86. The maximum Gasteiger partial charge on any atom is 0.338 e. The van der Waals surface area contributed by atoms with Gasteiger partial charge in [0.25, 0.3) is 5.91 Å². The number of carbonyl (C=O) groups excluding carboxylic acids is 3. The van der Waals surface area contributed by atoms with E-state index in [2.05, 4.69) is 10.4 Å². The van der Waals surface area contributed by atoms with E-state index in [0.717, 1.165) is 22.6 Å². The van der Waals surface area contributed by atoms with Crippen LogP contribution in [0.2, 0.25) is 0 Å². The van der Waals surface area contributed by atoms with Crippen molar-refractivity contribution in [2.75, 3.05) is 12.4 Å². The van der Waals surface area contributed by atoms with Crippen LogP contribution < -0.4 is 5.32 Å². The third-order valence-corrected chi connectivity index (χ3v) is 5.34. The number of benzene rings is 2. The molecular weight excluding hydrogens is 441 g/mol. The van der Waals surface area contributed by atoms with E-state index in [1.54, 1.807) is 28.9 Å². The Balaban J connectivity index is 1.65. The number of anilines is 1. The molecule has 0 fully saturated rings. The van der Waals surface area contributed by atoms with Crippen LogP contribution in [0, 0.1) is 19.7 Å². The molecule has 3 aromatic rings. The van der Waals surface area contributed by atoms with Gasteiger partial charge in [-0.3, -0.25) is 9.59 Å². The first kappa shape index (κ1) is 24.6. The molecule has 1 N–H and O–H groups in total. The lowest BCUT2D eigenvalue weighted by atomic mass is 10.1. The van der Waals surface area contributed by atoms with E-state index in [1.165, 1.54) is 38.3 Å². The summed E-state index contributed by atoms with van der Waals surface area (Å²) in [5, 5.41) is 7.05. The normalized spacial score (nSPS) is 11.6. The number of amides is 1. The Morgan fingerprint density at radius 2 is 1.82 bits per heavy atom.